The summed E-state index contributed by atoms with van der Waals surface area (Å²) in [7, 11) is 3.05. The Morgan fingerprint density at radius 3 is 2.26 bits per heavy atom. The van der Waals surface area contributed by atoms with Crippen LogP contribution < -0.4 is 14.4 Å². The zero-order valence-corrected chi connectivity index (χ0v) is 14.1. The average molecular weight is 324 g/mol. The minimum Gasteiger partial charge on any atom is -0.502 e. The number of likely N-dealkylation sites (tertiary alicyclic amines) is 1. The lowest BCUT2D eigenvalue weighted by atomic mass is 9.96. The Bertz CT molecular complexity index is 513. The molecule has 0 atom stereocenters. The van der Waals surface area contributed by atoms with Crippen molar-refractivity contribution in [2.45, 2.75) is 26.3 Å². The maximum atomic E-state index is 11.8. The average Bonchev–Trinajstić information content (AvgIpc) is 2.57. The molecule has 0 unspecified atom stereocenters. The number of hydrogen-bond donors (Lipinski definition) is 2. The fourth-order valence-corrected chi connectivity index (χ4v) is 3.04. The molecule has 2 N–H and O–H groups in total. The maximum absolute atomic E-state index is 11.8. The van der Waals surface area contributed by atoms with E-state index >= 15 is 0 Å². The molecular formula is C17H26NO5+. The fourth-order valence-electron chi connectivity index (χ4n) is 3.04. The number of hydrogen-bond acceptors (Lipinski definition) is 5. The van der Waals surface area contributed by atoms with E-state index in [1.807, 2.05) is 19.1 Å². The molecule has 0 radical (unpaired) electrons. The predicted octanol–water partition coefficient (Wildman–Crippen LogP) is 0.767. The Hall–Kier alpha value is -1.95. The molecule has 1 heterocycles. The van der Waals surface area contributed by atoms with Crippen molar-refractivity contribution < 1.29 is 29.0 Å². The number of quaternary nitrogens is 1. The minimum absolute atomic E-state index is 0.0229. The maximum Gasteiger partial charge on any atom is 0.309 e. The number of piperidine rings is 1. The van der Waals surface area contributed by atoms with Crippen molar-refractivity contribution in [1.82, 2.24) is 0 Å². The predicted molar refractivity (Wildman–Crippen MR) is 85.0 cm³/mol. The first-order valence-corrected chi connectivity index (χ1v) is 8.03. The molecule has 6 nitrogen and oxygen atoms in total. The van der Waals surface area contributed by atoms with Crippen molar-refractivity contribution in [2.24, 2.45) is 5.92 Å². The zero-order chi connectivity index (χ0) is 16.8. The highest BCUT2D eigenvalue weighted by molar-refractivity contribution is 5.72. The number of ether oxygens (including phenoxy) is 3. The number of carbonyl (C=O) groups is 1. The van der Waals surface area contributed by atoms with Crippen LogP contribution in [0, 0.1) is 5.92 Å². The first-order valence-electron chi connectivity index (χ1n) is 8.03. The summed E-state index contributed by atoms with van der Waals surface area (Å²) in [6, 6.07) is 3.67. The fraction of sp³-hybridized carbons (Fsp3) is 0.588. The summed E-state index contributed by atoms with van der Waals surface area (Å²) in [5.41, 5.74) is 1.04. The van der Waals surface area contributed by atoms with Crippen LogP contribution in [0.15, 0.2) is 12.1 Å². The van der Waals surface area contributed by atoms with E-state index in [0.717, 1.165) is 38.0 Å². The summed E-state index contributed by atoms with van der Waals surface area (Å²) in [6.45, 7) is 4.94. The molecule has 1 aromatic carbocycles. The van der Waals surface area contributed by atoms with Crippen LogP contribution in [0.25, 0.3) is 0 Å². The van der Waals surface area contributed by atoms with E-state index in [2.05, 4.69) is 0 Å². The van der Waals surface area contributed by atoms with Crippen LogP contribution in [0.3, 0.4) is 0 Å². The number of benzene rings is 1. The van der Waals surface area contributed by atoms with Crippen LogP contribution >= 0.6 is 0 Å². The minimum atomic E-state index is -0.0699. The third-order valence-corrected chi connectivity index (χ3v) is 4.31. The molecule has 1 fully saturated rings. The highest BCUT2D eigenvalue weighted by atomic mass is 16.5. The van der Waals surface area contributed by atoms with Gasteiger partial charge in [-0.3, -0.25) is 4.79 Å². The van der Waals surface area contributed by atoms with Crippen molar-refractivity contribution in [3.8, 4) is 17.2 Å². The van der Waals surface area contributed by atoms with Gasteiger partial charge in [0.2, 0.25) is 5.75 Å². The van der Waals surface area contributed by atoms with Crippen LogP contribution in [0.1, 0.15) is 25.3 Å². The van der Waals surface area contributed by atoms with Gasteiger partial charge in [0.1, 0.15) is 6.54 Å². The lowest BCUT2D eigenvalue weighted by molar-refractivity contribution is -0.919. The quantitative estimate of drug-likeness (QED) is 0.757. The van der Waals surface area contributed by atoms with E-state index in [0.29, 0.717) is 18.1 Å². The molecule has 0 aromatic heterocycles. The molecule has 0 aliphatic carbocycles. The number of nitrogens with one attached hydrogen (secondary N) is 1. The van der Waals surface area contributed by atoms with Crippen LogP contribution in [0.5, 0.6) is 17.2 Å². The van der Waals surface area contributed by atoms with E-state index in [-0.39, 0.29) is 17.6 Å². The lowest BCUT2D eigenvalue weighted by Gasteiger charge is -2.28. The van der Waals surface area contributed by atoms with Crippen LogP contribution in [-0.4, -0.2) is 45.0 Å². The molecule has 1 aliphatic heterocycles. The van der Waals surface area contributed by atoms with Gasteiger partial charge in [0.25, 0.3) is 0 Å². The largest absolute Gasteiger partial charge is 0.502 e. The van der Waals surface area contributed by atoms with Crippen molar-refractivity contribution >= 4 is 5.97 Å². The lowest BCUT2D eigenvalue weighted by Crippen LogP contribution is -3.11. The molecule has 1 aliphatic rings. The summed E-state index contributed by atoms with van der Waals surface area (Å²) in [5.74, 6) is 0.817. The number of phenolic OH excluding ortho intramolecular Hbond substituents is 1. The number of aromatic hydroxyl groups is 1. The molecular weight excluding hydrogens is 298 g/mol. The first-order chi connectivity index (χ1) is 11.1. The standard InChI is InChI=1S/C17H25NO5/c1-4-23-17(20)13-5-7-18(8-6-13)11-12-9-14(21-2)16(19)15(10-12)22-3/h9-10,13,19H,4-8,11H2,1-3H3/p+1. The Balaban J connectivity index is 1.97. The molecule has 128 valence electrons. The monoisotopic (exact) mass is 324 g/mol. The Morgan fingerprint density at radius 1 is 1.22 bits per heavy atom. The van der Waals surface area contributed by atoms with Gasteiger partial charge in [-0.1, -0.05) is 0 Å². The number of esters is 1. The SMILES string of the molecule is CCOC(=O)C1CC[NH+](Cc2cc(OC)c(O)c(OC)c2)CC1. The van der Waals surface area contributed by atoms with Crippen molar-refractivity contribution in [2.75, 3.05) is 33.9 Å². The topological polar surface area (TPSA) is 69.4 Å². The Morgan fingerprint density at radius 2 is 1.78 bits per heavy atom. The summed E-state index contributed by atoms with van der Waals surface area (Å²) in [6.07, 6.45) is 1.70. The third kappa shape index (κ3) is 4.28. The van der Waals surface area contributed by atoms with Gasteiger partial charge in [-0.2, -0.15) is 0 Å². The summed E-state index contributed by atoms with van der Waals surface area (Å²) in [4.78, 5) is 13.2. The molecule has 0 spiro atoms. The highest BCUT2D eigenvalue weighted by Crippen LogP contribution is 2.36. The zero-order valence-electron chi connectivity index (χ0n) is 14.1. The van der Waals surface area contributed by atoms with Crippen LogP contribution in [-0.2, 0) is 16.1 Å². The van der Waals surface area contributed by atoms with E-state index in [4.69, 9.17) is 14.2 Å². The van der Waals surface area contributed by atoms with Gasteiger partial charge in [0.05, 0.1) is 39.8 Å². The summed E-state index contributed by atoms with van der Waals surface area (Å²) >= 11 is 0. The van der Waals surface area contributed by atoms with Gasteiger partial charge in [0.15, 0.2) is 11.5 Å². The van der Waals surface area contributed by atoms with Gasteiger partial charge in [-0.15, -0.1) is 0 Å². The molecule has 1 aromatic rings. The molecule has 2 rings (SSSR count). The molecule has 6 heteroatoms. The second-order valence-electron chi connectivity index (χ2n) is 5.80. The van der Waals surface area contributed by atoms with E-state index < -0.39 is 0 Å². The van der Waals surface area contributed by atoms with Gasteiger partial charge < -0.3 is 24.2 Å². The van der Waals surface area contributed by atoms with E-state index in [1.165, 1.54) is 19.1 Å². The van der Waals surface area contributed by atoms with Gasteiger partial charge >= 0.3 is 5.97 Å². The van der Waals surface area contributed by atoms with Crippen LogP contribution in [0.4, 0.5) is 0 Å². The molecule has 0 amide bonds. The van der Waals surface area contributed by atoms with Crippen molar-refractivity contribution in [3.63, 3.8) is 0 Å². The number of rotatable bonds is 6. The summed E-state index contributed by atoms with van der Waals surface area (Å²) < 4.78 is 15.5. The highest BCUT2D eigenvalue weighted by Gasteiger charge is 2.28. The normalized spacial score (nSPS) is 20.8. The smallest absolute Gasteiger partial charge is 0.309 e. The molecule has 0 bridgehead atoms. The van der Waals surface area contributed by atoms with Gasteiger partial charge in [-0.05, 0) is 19.1 Å². The second-order valence-corrected chi connectivity index (χ2v) is 5.80. The second kappa shape index (κ2) is 8.06. The van der Waals surface area contributed by atoms with Gasteiger partial charge in [-0.25, -0.2) is 0 Å². The third-order valence-electron chi connectivity index (χ3n) is 4.31. The molecule has 23 heavy (non-hydrogen) atoms. The Kier molecular flexibility index (Phi) is 6.10. The summed E-state index contributed by atoms with van der Waals surface area (Å²) in [5, 5.41) is 9.96. The Labute approximate surface area is 136 Å². The van der Waals surface area contributed by atoms with Crippen molar-refractivity contribution in [3.05, 3.63) is 17.7 Å². The first kappa shape index (κ1) is 17.4. The van der Waals surface area contributed by atoms with Gasteiger partial charge in [0, 0.05) is 18.4 Å². The van der Waals surface area contributed by atoms with Crippen LogP contribution in [0.2, 0.25) is 0 Å². The van der Waals surface area contributed by atoms with Crippen molar-refractivity contribution in [1.29, 1.82) is 0 Å². The number of methoxy groups -OCH3 is 2. The number of carbonyl (C=O) groups excluding carboxylic acids is 1. The molecule has 0 saturated carbocycles. The van der Waals surface area contributed by atoms with E-state index in [1.54, 1.807) is 0 Å². The van der Waals surface area contributed by atoms with E-state index in [9.17, 15) is 9.90 Å². The molecule has 1 saturated heterocycles. The number of phenols is 1.